The first kappa shape index (κ1) is 26.7. The van der Waals surface area contributed by atoms with Gasteiger partial charge in [-0.15, -0.1) is 0 Å². The van der Waals surface area contributed by atoms with Crippen molar-refractivity contribution in [2.75, 3.05) is 32.8 Å². The lowest BCUT2D eigenvalue weighted by Crippen LogP contribution is -2.54. The van der Waals surface area contributed by atoms with Crippen molar-refractivity contribution in [3.05, 3.63) is 29.3 Å². The highest BCUT2D eigenvalue weighted by Gasteiger charge is 2.46. The van der Waals surface area contributed by atoms with E-state index in [1.807, 2.05) is 0 Å². The number of carbonyl (C=O) groups excluding carboxylic acids is 5. The van der Waals surface area contributed by atoms with Crippen LogP contribution < -0.4 is 20.7 Å². The fourth-order valence-corrected chi connectivity index (χ4v) is 4.82. The minimum Gasteiger partial charge on any atom is -0.483 e. The minimum atomic E-state index is -1.06. The Hall–Kier alpha value is -3.31. The molecule has 0 aliphatic carbocycles. The van der Waals surface area contributed by atoms with Crippen molar-refractivity contribution in [2.45, 2.75) is 63.5 Å². The number of carbonyl (C=O) groups is 5. The minimum absolute atomic E-state index is 0.0247. The molecule has 3 aliphatic heterocycles. The second-order valence-electron chi connectivity index (χ2n) is 9.50. The van der Waals surface area contributed by atoms with Crippen molar-refractivity contribution < 1.29 is 33.4 Å². The quantitative estimate of drug-likeness (QED) is 0.276. The molecule has 0 bridgehead atoms. The third kappa shape index (κ3) is 6.72. The molecule has 1 atom stereocenters. The molecule has 0 aromatic heterocycles. The highest BCUT2D eigenvalue weighted by Crippen LogP contribution is 2.33. The molecule has 4 rings (SSSR count). The largest absolute Gasteiger partial charge is 0.483 e. The van der Waals surface area contributed by atoms with Crippen LogP contribution in [0.5, 0.6) is 5.75 Å². The Kier molecular flexibility index (Phi) is 9.24. The monoisotopic (exact) mass is 514 g/mol. The molecule has 3 N–H and O–H groups in total. The number of benzene rings is 1. The van der Waals surface area contributed by atoms with Gasteiger partial charge in [-0.25, -0.2) is 0 Å². The molecule has 1 unspecified atom stereocenters. The number of hydrogen-bond acceptors (Lipinski definition) is 8. The summed E-state index contributed by atoms with van der Waals surface area (Å²) < 4.78 is 11.5. The van der Waals surface area contributed by atoms with E-state index in [1.54, 1.807) is 6.07 Å². The Balaban J connectivity index is 1.17. The van der Waals surface area contributed by atoms with Crippen molar-refractivity contribution in [1.29, 1.82) is 0 Å². The first-order chi connectivity index (χ1) is 18.0. The van der Waals surface area contributed by atoms with Crippen LogP contribution in [-0.4, -0.2) is 79.4 Å². The Labute approximate surface area is 215 Å². The van der Waals surface area contributed by atoms with Crippen LogP contribution in [-0.2, 0) is 19.1 Å². The van der Waals surface area contributed by atoms with Crippen molar-refractivity contribution in [3.8, 4) is 5.75 Å². The molecule has 0 saturated carbocycles. The normalized spacial score (nSPS) is 20.1. The van der Waals surface area contributed by atoms with Crippen molar-refractivity contribution in [2.24, 2.45) is 0 Å². The highest BCUT2D eigenvalue weighted by molar-refractivity contribution is 6.24. The van der Waals surface area contributed by atoms with E-state index in [1.165, 1.54) is 12.1 Å². The van der Waals surface area contributed by atoms with Crippen molar-refractivity contribution in [1.82, 2.24) is 20.9 Å². The van der Waals surface area contributed by atoms with Gasteiger partial charge in [-0.3, -0.25) is 34.2 Å². The molecule has 11 heteroatoms. The standard InChI is InChI=1S/C26H34N4O7/c31-21-9-8-19(24(33)29-21)30-25(34)18-6-5-7-20(23(18)26(30)35)37-16-22(32)28-12-3-1-2-4-15-36-17-10-13-27-14-11-17/h5-7,17,19,27H,1-4,8-16H2,(H,28,32)(H,29,31,33). The molecule has 2 fully saturated rings. The van der Waals surface area contributed by atoms with Crippen LogP contribution in [0.3, 0.4) is 0 Å². The number of hydrogen-bond donors (Lipinski definition) is 3. The summed E-state index contributed by atoms with van der Waals surface area (Å²) in [5.41, 5.74) is 0.133. The number of piperidine rings is 2. The molecule has 5 amide bonds. The topological polar surface area (TPSA) is 143 Å². The van der Waals surface area contributed by atoms with E-state index in [0.717, 1.165) is 63.1 Å². The summed E-state index contributed by atoms with van der Waals surface area (Å²) in [7, 11) is 0. The van der Waals surface area contributed by atoms with Gasteiger partial charge in [-0.2, -0.15) is 0 Å². The van der Waals surface area contributed by atoms with E-state index >= 15 is 0 Å². The lowest BCUT2D eigenvalue weighted by atomic mass is 10.0. The summed E-state index contributed by atoms with van der Waals surface area (Å²) in [5, 5.41) is 8.29. The number of rotatable bonds is 12. The maximum Gasteiger partial charge on any atom is 0.266 e. The zero-order chi connectivity index (χ0) is 26.2. The molecule has 3 aliphatic rings. The number of nitrogens with zero attached hydrogens (tertiary/aromatic N) is 1. The second kappa shape index (κ2) is 12.8. The first-order valence-electron chi connectivity index (χ1n) is 13.0. The summed E-state index contributed by atoms with van der Waals surface area (Å²) in [6.45, 7) is 3.03. The third-order valence-electron chi connectivity index (χ3n) is 6.82. The van der Waals surface area contributed by atoms with Crippen molar-refractivity contribution >= 4 is 29.5 Å². The maximum absolute atomic E-state index is 13.1. The fraction of sp³-hybridized carbons (Fsp3) is 0.577. The molecule has 3 heterocycles. The molecular formula is C26H34N4O7. The van der Waals surface area contributed by atoms with Gasteiger partial charge in [-0.1, -0.05) is 18.9 Å². The Bertz CT molecular complexity index is 1040. The number of ether oxygens (including phenoxy) is 2. The van der Waals surface area contributed by atoms with Gasteiger partial charge in [0.05, 0.1) is 17.2 Å². The van der Waals surface area contributed by atoms with Crippen LogP contribution in [0.4, 0.5) is 0 Å². The van der Waals surface area contributed by atoms with E-state index in [0.29, 0.717) is 12.6 Å². The summed E-state index contributed by atoms with van der Waals surface area (Å²) in [6.07, 6.45) is 6.49. The molecule has 200 valence electrons. The van der Waals surface area contributed by atoms with Crippen molar-refractivity contribution in [3.63, 3.8) is 0 Å². The lowest BCUT2D eigenvalue weighted by Gasteiger charge is -2.27. The van der Waals surface area contributed by atoms with E-state index in [9.17, 15) is 24.0 Å². The number of fused-ring (bicyclic) bond motifs is 1. The summed E-state index contributed by atoms with van der Waals surface area (Å²) in [5.74, 6) is -2.63. The molecular weight excluding hydrogens is 480 g/mol. The number of unbranched alkanes of at least 4 members (excludes halogenated alkanes) is 3. The van der Waals surface area contributed by atoms with Gasteiger partial charge in [0.15, 0.2) is 6.61 Å². The van der Waals surface area contributed by atoms with E-state index < -0.39 is 29.7 Å². The van der Waals surface area contributed by atoms with Crippen LogP contribution in [0.2, 0.25) is 0 Å². The number of amides is 5. The molecule has 1 aromatic carbocycles. The summed E-state index contributed by atoms with van der Waals surface area (Å²) in [6, 6.07) is 3.49. The fourth-order valence-electron chi connectivity index (χ4n) is 4.82. The van der Waals surface area contributed by atoms with Crippen LogP contribution >= 0.6 is 0 Å². The Morgan fingerprint density at radius 1 is 1.00 bits per heavy atom. The van der Waals surface area contributed by atoms with Gasteiger partial charge in [-0.05, 0) is 57.3 Å². The lowest BCUT2D eigenvalue weighted by molar-refractivity contribution is -0.136. The average Bonchev–Trinajstić information content (AvgIpc) is 3.15. The number of imide groups is 2. The molecule has 1 aromatic rings. The van der Waals surface area contributed by atoms with Gasteiger partial charge in [0.2, 0.25) is 11.8 Å². The van der Waals surface area contributed by atoms with Crippen LogP contribution in [0.1, 0.15) is 72.1 Å². The molecule has 11 nitrogen and oxygen atoms in total. The second-order valence-corrected chi connectivity index (χ2v) is 9.50. The molecule has 0 radical (unpaired) electrons. The Morgan fingerprint density at radius 3 is 2.57 bits per heavy atom. The summed E-state index contributed by atoms with van der Waals surface area (Å²) in [4.78, 5) is 62.7. The third-order valence-corrected chi connectivity index (χ3v) is 6.82. The van der Waals surface area contributed by atoms with Crippen LogP contribution in [0, 0.1) is 0 Å². The van der Waals surface area contributed by atoms with Gasteiger partial charge in [0.1, 0.15) is 11.8 Å². The van der Waals surface area contributed by atoms with Gasteiger partial charge in [0.25, 0.3) is 17.7 Å². The van der Waals surface area contributed by atoms with Gasteiger partial charge in [0, 0.05) is 19.6 Å². The smallest absolute Gasteiger partial charge is 0.266 e. The van der Waals surface area contributed by atoms with E-state index in [4.69, 9.17) is 9.47 Å². The number of nitrogens with one attached hydrogen (secondary N) is 3. The first-order valence-corrected chi connectivity index (χ1v) is 13.0. The predicted molar refractivity (Wildman–Crippen MR) is 132 cm³/mol. The summed E-state index contributed by atoms with van der Waals surface area (Å²) >= 11 is 0. The van der Waals surface area contributed by atoms with Crippen LogP contribution in [0.15, 0.2) is 18.2 Å². The zero-order valence-electron chi connectivity index (χ0n) is 20.9. The molecule has 0 spiro atoms. The predicted octanol–water partition coefficient (Wildman–Crippen LogP) is 0.912. The van der Waals surface area contributed by atoms with E-state index in [-0.39, 0.29) is 42.2 Å². The molecule has 2 saturated heterocycles. The maximum atomic E-state index is 13.1. The van der Waals surface area contributed by atoms with Crippen LogP contribution in [0.25, 0.3) is 0 Å². The highest BCUT2D eigenvalue weighted by atomic mass is 16.5. The van der Waals surface area contributed by atoms with Gasteiger partial charge < -0.3 is 20.1 Å². The SMILES string of the molecule is O=C(COc1cccc2c1C(=O)N(C1CCC(=O)NC1=O)C2=O)NCCCCCCOC1CCNCC1. The zero-order valence-corrected chi connectivity index (χ0v) is 20.9. The molecule has 37 heavy (non-hydrogen) atoms. The van der Waals surface area contributed by atoms with Gasteiger partial charge >= 0.3 is 0 Å². The van der Waals surface area contributed by atoms with E-state index in [2.05, 4.69) is 16.0 Å². The Morgan fingerprint density at radius 2 is 1.78 bits per heavy atom. The average molecular weight is 515 g/mol.